The Labute approximate surface area is 171 Å². The largest absolute Gasteiger partial charge is 0.375 e. The molecular weight excluding hydrogens is 362 g/mol. The second-order valence-electron chi connectivity index (χ2n) is 7.39. The van der Waals surface area contributed by atoms with Gasteiger partial charge in [0.15, 0.2) is 5.96 Å². The van der Waals surface area contributed by atoms with Gasteiger partial charge in [-0.1, -0.05) is 48.5 Å². The summed E-state index contributed by atoms with van der Waals surface area (Å²) in [5.74, 6) is 0.589. The van der Waals surface area contributed by atoms with E-state index in [4.69, 9.17) is 10.5 Å². The van der Waals surface area contributed by atoms with E-state index in [0.717, 1.165) is 19.6 Å². The lowest BCUT2D eigenvalue weighted by Gasteiger charge is -2.31. The third-order valence-corrected chi connectivity index (χ3v) is 5.18. The van der Waals surface area contributed by atoms with Crippen LogP contribution in [0.5, 0.6) is 0 Å². The standard InChI is InChI=1S/C23H27N5O/c1-18-15-28(12-13-29-18)23(24)26-14-21-4-2-3-5-22(21)20-8-6-19(7-9-20)16-27-11-10-25-17-27/h2-11,17-18H,12-16H2,1H3,(H2,24,26). The van der Waals surface area contributed by atoms with Crippen LogP contribution < -0.4 is 5.73 Å². The summed E-state index contributed by atoms with van der Waals surface area (Å²) >= 11 is 0. The van der Waals surface area contributed by atoms with Gasteiger partial charge in [0.05, 0.1) is 25.6 Å². The highest BCUT2D eigenvalue weighted by Crippen LogP contribution is 2.25. The van der Waals surface area contributed by atoms with E-state index in [1.807, 2.05) is 12.5 Å². The number of imidazole rings is 1. The zero-order valence-corrected chi connectivity index (χ0v) is 16.7. The lowest BCUT2D eigenvalue weighted by atomic mass is 9.98. The number of morpholine rings is 1. The highest BCUT2D eigenvalue weighted by Gasteiger charge is 2.18. The molecule has 1 fully saturated rings. The van der Waals surface area contributed by atoms with Crippen LogP contribution >= 0.6 is 0 Å². The van der Waals surface area contributed by atoms with E-state index in [1.165, 1.54) is 22.3 Å². The Morgan fingerprint density at radius 2 is 2.03 bits per heavy atom. The summed E-state index contributed by atoms with van der Waals surface area (Å²) in [6.45, 7) is 5.71. The fraction of sp³-hybridized carbons (Fsp3) is 0.304. The Kier molecular flexibility index (Phi) is 5.91. The Morgan fingerprint density at radius 1 is 1.21 bits per heavy atom. The molecule has 0 spiro atoms. The highest BCUT2D eigenvalue weighted by atomic mass is 16.5. The van der Waals surface area contributed by atoms with Crippen molar-refractivity contribution in [3.63, 3.8) is 0 Å². The molecule has 1 aliphatic heterocycles. The van der Waals surface area contributed by atoms with Crippen molar-refractivity contribution in [2.45, 2.75) is 26.1 Å². The number of guanidine groups is 1. The Morgan fingerprint density at radius 3 is 2.79 bits per heavy atom. The van der Waals surface area contributed by atoms with Crippen molar-refractivity contribution < 1.29 is 4.74 Å². The molecule has 1 aliphatic rings. The maximum atomic E-state index is 6.24. The molecule has 150 valence electrons. The van der Waals surface area contributed by atoms with Crippen molar-refractivity contribution in [3.8, 4) is 11.1 Å². The van der Waals surface area contributed by atoms with Gasteiger partial charge in [-0.05, 0) is 29.2 Å². The minimum absolute atomic E-state index is 0.186. The summed E-state index contributed by atoms with van der Waals surface area (Å²) < 4.78 is 7.65. The van der Waals surface area contributed by atoms with Gasteiger partial charge in [-0.2, -0.15) is 0 Å². The lowest BCUT2D eigenvalue weighted by Crippen LogP contribution is -2.47. The van der Waals surface area contributed by atoms with Crippen LogP contribution in [0.2, 0.25) is 0 Å². The van der Waals surface area contributed by atoms with Crippen molar-refractivity contribution in [1.82, 2.24) is 14.5 Å². The van der Waals surface area contributed by atoms with E-state index >= 15 is 0 Å². The molecule has 1 saturated heterocycles. The minimum atomic E-state index is 0.186. The predicted molar refractivity (Wildman–Crippen MR) is 116 cm³/mol. The van der Waals surface area contributed by atoms with Gasteiger partial charge in [-0.25, -0.2) is 9.98 Å². The summed E-state index contributed by atoms with van der Waals surface area (Å²) in [5.41, 5.74) is 11.0. The van der Waals surface area contributed by atoms with Crippen LogP contribution in [0.25, 0.3) is 11.1 Å². The first-order valence-electron chi connectivity index (χ1n) is 9.98. The van der Waals surface area contributed by atoms with E-state index in [-0.39, 0.29) is 6.10 Å². The maximum absolute atomic E-state index is 6.24. The van der Waals surface area contributed by atoms with Gasteiger partial charge in [0.1, 0.15) is 0 Å². The third-order valence-electron chi connectivity index (χ3n) is 5.18. The van der Waals surface area contributed by atoms with Gasteiger partial charge >= 0.3 is 0 Å². The number of rotatable bonds is 5. The van der Waals surface area contributed by atoms with Crippen molar-refractivity contribution in [2.75, 3.05) is 19.7 Å². The zero-order chi connectivity index (χ0) is 20.1. The molecule has 2 heterocycles. The number of hydrogen-bond donors (Lipinski definition) is 1. The molecule has 2 aromatic carbocycles. The fourth-order valence-electron chi connectivity index (χ4n) is 3.61. The van der Waals surface area contributed by atoms with Gasteiger partial charge in [-0.15, -0.1) is 0 Å². The van der Waals surface area contributed by atoms with Crippen LogP contribution in [0.15, 0.2) is 72.2 Å². The topological polar surface area (TPSA) is 68.7 Å². The first-order valence-corrected chi connectivity index (χ1v) is 9.98. The van der Waals surface area contributed by atoms with Crippen LogP contribution in [-0.4, -0.2) is 46.2 Å². The number of aliphatic imine (C=N–C) groups is 1. The molecule has 1 aromatic heterocycles. The zero-order valence-electron chi connectivity index (χ0n) is 16.7. The smallest absolute Gasteiger partial charge is 0.191 e. The highest BCUT2D eigenvalue weighted by molar-refractivity contribution is 5.78. The monoisotopic (exact) mass is 389 g/mol. The molecule has 4 rings (SSSR count). The molecular formula is C23H27N5O. The number of hydrogen-bond acceptors (Lipinski definition) is 3. The van der Waals surface area contributed by atoms with E-state index in [9.17, 15) is 0 Å². The van der Waals surface area contributed by atoms with Gasteiger partial charge in [-0.3, -0.25) is 0 Å². The normalized spacial score (nSPS) is 17.5. The lowest BCUT2D eigenvalue weighted by molar-refractivity contribution is 0.00529. The van der Waals surface area contributed by atoms with Gasteiger partial charge in [0.2, 0.25) is 0 Å². The Hall–Kier alpha value is -3.12. The molecule has 3 aromatic rings. The minimum Gasteiger partial charge on any atom is -0.375 e. The molecule has 6 heteroatoms. The summed E-state index contributed by atoms with van der Waals surface area (Å²) in [4.78, 5) is 10.9. The number of benzene rings is 2. The van der Waals surface area contributed by atoms with Crippen molar-refractivity contribution >= 4 is 5.96 Å². The molecule has 0 aliphatic carbocycles. The molecule has 1 unspecified atom stereocenters. The van der Waals surface area contributed by atoms with Gasteiger partial charge in [0, 0.05) is 32.0 Å². The van der Waals surface area contributed by atoms with Crippen LogP contribution in [0.3, 0.4) is 0 Å². The fourth-order valence-corrected chi connectivity index (χ4v) is 3.61. The molecule has 2 N–H and O–H groups in total. The number of nitrogens with zero attached hydrogens (tertiary/aromatic N) is 4. The Bertz CT molecular complexity index is 950. The first kappa shape index (κ1) is 19.2. The summed E-state index contributed by atoms with van der Waals surface area (Å²) in [5, 5.41) is 0. The van der Waals surface area contributed by atoms with Crippen molar-refractivity contribution in [2.24, 2.45) is 10.7 Å². The van der Waals surface area contributed by atoms with E-state index in [2.05, 4.69) is 74.9 Å². The summed E-state index contributed by atoms with van der Waals surface area (Å²) in [7, 11) is 0. The van der Waals surface area contributed by atoms with Crippen molar-refractivity contribution in [3.05, 3.63) is 78.4 Å². The van der Waals surface area contributed by atoms with Crippen LogP contribution in [0.1, 0.15) is 18.1 Å². The Balaban J connectivity index is 1.48. The van der Waals surface area contributed by atoms with Crippen LogP contribution in [0, 0.1) is 0 Å². The van der Waals surface area contributed by atoms with Crippen LogP contribution in [-0.2, 0) is 17.8 Å². The molecule has 0 amide bonds. The first-order chi connectivity index (χ1) is 14.2. The van der Waals surface area contributed by atoms with Crippen molar-refractivity contribution in [1.29, 1.82) is 0 Å². The van der Waals surface area contributed by atoms with Gasteiger partial charge < -0.3 is 19.9 Å². The molecule has 0 radical (unpaired) electrons. The second-order valence-corrected chi connectivity index (χ2v) is 7.39. The van der Waals surface area contributed by atoms with E-state index in [0.29, 0.717) is 19.1 Å². The SMILES string of the molecule is CC1CN(C(N)=NCc2ccccc2-c2ccc(Cn3ccnc3)cc2)CCO1. The summed E-state index contributed by atoms with van der Waals surface area (Å²) in [6.07, 6.45) is 5.79. The maximum Gasteiger partial charge on any atom is 0.191 e. The number of nitrogens with two attached hydrogens (primary N) is 1. The molecule has 1 atom stereocenters. The molecule has 6 nitrogen and oxygen atoms in total. The summed E-state index contributed by atoms with van der Waals surface area (Å²) in [6, 6.07) is 17.0. The van der Waals surface area contributed by atoms with Crippen LogP contribution in [0.4, 0.5) is 0 Å². The second kappa shape index (κ2) is 8.92. The van der Waals surface area contributed by atoms with E-state index < -0.39 is 0 Å². The third kappa shape index (κ3) is 4.84. The quantitative estimate of drug-likeness (QED) is 0.538. The van der Waals surface area contributed by atoms with E-state index in [1.54, 1.807) is 6.20 Å². The van der Waals surface area contributed by atoms with Gasteiger partial charge in [0.25, 0.3) is 0 Å². The average molecular weight is 390 g/mol. The number of ether oxygens (including phenoxy) is 1. The molecule has 0 saturated carbocycles. The number of aromatic nitrogens is 2. The molecule has 29 heavy (non-hydrogen) atoms. The predicted octanol–water partition coefficient (Wildman–Crippen LogP) is 3.13. The average Bonchev–Trinajstić information content (AvgIpc) is 3.26. The molecule has 0 bridgehead atoms.